The SMILES string of the molecule is COc1ccc(COCC(=O)C[C@@H](Nc2ccccc2OC)[C@H](CCCO[Si](C)(C)C(C)(C)C)OCc2ccccc2)cc1. The molecule has 0 aromatic heterocycles. The van der Waals surface area contributed by atoms with Crippen molar-refractivity contribution < 1.29 is 28.2 Å². The molecule has 240 valence electrons. The molecular formula is C36H51NO6Si. The number of carbonyl (C=O) groups is 1. The van der Waals surface area contributed by atoms with Crippen LogP contribution in [0.4, 0.5) is 5.69 Å². The summed E-state index contributed by atoms with van der Waals surface area (Å²) >= 11 is 0. The van der Waals surface area contributed by atoms with Gasteiger partial charge in [-0.05, 0) is 66.4 Å². The number of ether oxygens (including phenoxy) is 4. The summed E-state index contributed by atoms with van der Waals surface area (Å²) in [5.41, 5.74) is 2.88. The summed E-state index contributed by atoms with van der Waals surface area (Å²) in [5.74, 6) is 1.49. The van der Waals surface area contributed by atoms with Gasteiger partial charge in [0.1, 0.15) is 18.1 Å². The van der Waals surface area contributed by atoms with Crippen LogP contribution in [0.2, 0.25) is 18.1 Å². The van der Waals surface area contributed by atoms with E-state index in [9.17, 15) is 4.79 Å². The standard InChI is InChI=1S/C36H51NO6Si/c1-36(2,3)44(6,7)43-23-13-18-35(42-26-28-14-9-8-10-15-28)33(37-32-16-11-12-17-34(32)40-5)24-30(38)27-41-25-29-19-21-31(39-4)22-20-29/h8-12,14-17,19-22,33,35,37H,13,18,23-27H2,1-7H3/t33-,35+/m1/s1. The number of ketones is 1. The molecule has 8 heteroatoms. The summed E-state index contributed by atoms with van der Waals surface area (Å²) in [7, 11) is 1.41. The van der Waals surface area contributed by atoms with Gasteiger partial charge in [-0.3, -0.25) is 4.79 Å². The van der Waals surface area contributed by atoms with Crippen LogP contribution in [0.3, 0.4) is 0 Å². The van der Waals surface area contributed by atoms with Crippen LogP contribution >= 0.6 is 0 Å². The van der Waals surface area contributed by atoms with E-state index in [0.717, 1.165) is 35.4 Å². The van der Waals surface area contributed by atoms with Crippen LogP contribution in [-0.4, -0.2) is 53.7 Å². The van der Waals surface area contributed by atoms with Gasteiger partial charge in [-0.15, -0.1) is 0 Å². The minimum atomic E-state index is -1.87. The third-order valence-corrected chi connectivity index (χ3v) is 12.8. The Morgan fingerprint density at radius 2 is 1.50 bits per heavy atom. The van der Waals surface area contributed by atoms with E-state index in [2.05, 4.69) is 51.3 Å². The zero-order valence-corrected chi connectivity index (χ0v) is 28.6. The van der Waals surface area contributed by atoms with Gasteiger partial charge in [-0.25, -0.2) is 0 Å². The molecule has 0 unspecified atom stereocenters. The third-order valence-electron chi connectivity index (χ3n) is 8.24. The summed E-state index contributed by atoms with van der Waals surface area (Å²) in [6, 6.07) is 25.2. The minimum Gasteiger partial charge on any atom is -0.497 e. The first-order valence-electron chi connectivity index (χ1n) is 15.4. The van der Waals surface area contributed by atoms with Gasteiger partial charge >= 0.3 is 0 Å². The Hall–Kier alpha value is -3.17. The van der Waals surface area contributed by atoms with Crippen molar-refractivity contribution in [1.82, 2.24) is 0 Å². The van der Waals surface area contributed by atoms with Crippen molar-refractivity contribution in [2.24, 2.45) is 0 Å². The summed E-state index contributed by atoms with van der Waals surface area (Å²) in [4.78, 5) is 13.3. The normalized spacial score (nSPS) is 13.2. The van der Waals surface area contributed by atoms with Crippen molar-refractivity contribution in [1.29, 1.82) is 0 Å². The number of anilines is 1. The van der Waals surface area contributed by atoms with Crippen LogP contribution in [0, 0.1) is 0 Å². The number of methoxy groups -OCH3 is 2. The number of para-hydroxylation sites is 2. The van der Waals surface area contributed by atoms with Gasteiger partial charge in [0.05, 0.1) is 45.3 Å². The molecule has 3 rings (SSSR count). The molecule has 0 spiro atoms. The Bertz CT molecular complexity index is 1260. The Morgan fingerprint density at radius 1 is 0.841 bits per heavy atom. The second-order valence-electron chi connectivity index (χ2n) is 12.6. The van der Waals surface area contributed by atoms with E-state index < -0.39 is 8.32 Å². The lowest BCUT2D eigenvalue weighted by Crippen LogP contribution is -2.41. The zero-order chi connectivity index (χ0) is 32.0. The van der Waals surface area contributed by atoms with E-state index in [1.807, 2.05) is 66.7 Å². The van der Waals surface area contributed by atoms with Crippen molar-refractivity contribution in [3.05, 3.63) is 90.0 Å². The van der Waals surface area contributed by atoms with Crippen molar-refractivity contribution in [2.75, 3.05) is 32.8 Å². The van der Waals surface area contributed by atoms with Crippen molar-refractivity contribution in [3.8, 4) is 11.5 Å². The van der Waals surface area contributed by atoms with Crippen molar-refractivity contribution in [3.63, 3.8) is 0 Å². The van der Waals surface area contributed by atoms with E-state index in [0.29, 0.717) is 25.6 Å². The predicted octanol–water partition coefficient (Wildman–Crippen LogP) is 8.05. The maximum atomic E-state index is 13.3. The van der Waals surface area contributed by atoms with Crippen molar-refractivity contribution in [2.45, 2.75) is 83.5 Å². The molecule has 0 amide bonds. The maximum absolute atomic E-state index is 13.3. The van der Waals surface area contributed by atoms with Gasteiger partial charge in [0, 0.05) is 13.0 Å². The van der Waals surface area contributed by atoms with Gasteiger partial charge in [-0.1, -0.05) is 75.4 Å². The fourth-order valence-corrected chi connectivity index (χ4v) is 5.64. The third kappa shape index (κ3) is 11.4. The fraction of sp³-hybridized carbons (Fsp3) is 0.472. The highest BCUT2D eigenvalue weighted by Crippen LogP contribution is 2.36. The van der Waals surface area contributed by atoms with E-state index in [1.165, 1.54) is 0 Å². The number of benzene rings is 3. The largest absolute Gasteiger partial charge is 0.497 e. The fourth-order valence-electron chi connectivity index (χ4n) is 4.55. The Morgan fingerprint density at radius 3 is 2.16 bits per heavy atom. The van der Waals surface area contributed by atoms with Crippen LogP contribution in [0.5, 0.6) is 11.5 Å². The topological polar surface area (TPSA) is 75.3 Å². The molecule has 0 saturated carbocycles. The van der Waals surface area contributed by atoms with Crippen molar-refractivity contribution >= 4 is 19.8 Å². The highest BCUT2D eigenvalue weighted by atomic mass is 28.4. The molecule has 0 aliphatic heterocycles. The van der Waals surface area contributed by atoms with E-state index >= 15 is 0 Å². The van der Waals surface area contributed by atoms with E-state index in [-0.39, 0.29) is 36.0 Å². The average molecular weight is 622 g/mol. The van der Waals surface area contributed by atoms with Crippen LogP contribution in [0.15, 0.2) is 78.9 Å². The lowest BCUT2D eigenvalue weighted by Gasteiger charge is -2.36. The lowest BCUT2D eigenvalue weighted by molar-refractivity contribution is -0.125. The molecule has 0 aliphatic rings. The monoisotopic (exact) mass is 621 g/mol. The van der Waals surface area contributed by atoms with Gasteiger partial charge in [-0.2, -0.15) is 0 Å². The number of hydrogen-bond acceptors (Lipinski definition) is 7. The molecular weight excluding hydrogens is 570 g/mol. The first-order chi connectivity index (χ1) is 21.0. The lowest BCUT2D eigenvalue weighted by atomic mass is 9.99. The molecule has 1 N–H and O–H groups in total. The summed E-state index contributed by atoms with van der Waals surface area (Å²) in [6.45, 7) is 12.7. The van der Waals surface area contributed by atoms with Crippen LogP contribution in [-0.2, 0) is 31.9 Å². The smallest absolute Gasteiger partial charge is 0.191 e. The van der Waals surface area contributed by atoms with E-state index in [1.54, 1.807) is 14.2 Å². The Balaban J connectivity index is 1.74. The molecule has 3 aromatic carbocycles. The number of nitrogens with one attached hydrogen (secondary N) is 1. The molecule has 2 atom stereocenters. The Labute approximate surface area is 265 Å². The molecule has 7 nitrogen and oxygen atoms in total. The van der Waals surface area contributed by atoms with Gasteiger partial charge in [0.2, 0.25) is 0 Å². The molecule has 0 aliphatic carbocycles. The molecule has 0 fully saturated rings. The zero-order valence-electron chi connectivity index (χ0n) is 27.6. The summed E-state index contributed by atoms with van der Waals surface area (Å²) in [6.07, 6.45) is 1.53. The van der Waals surface area contributed by atoms with Crippen LogP contribution < -0.4 is 14.8 Å². The number of carbonyl (C=O) groups excluding carboxylic acids is 1. The first-order valence-corrected chi connectivity index (χ1v) is 18.3. The van der Waals surface area contributed by atoms with E-state index in [4.69, 9.17) is 23.4 Å². The highest BCUT2D eigenvalue weighted by Gasteiger charge is 2.37. The number of Topliss-reactive ketones (excluding diaryl/α,β-unsaturated/α-hetero) is 1. The maximum Gasteiger partial charge on any atom is 0.191 e. The summed E-state index contributed by atoms with van der Waals surface area (Å²) in [5, 5.41) is 3.74. The predicted molar refractivity (Wildman–Crippen MR) is 180 cm³/mol. The minimum absolute atomic E-state index is 0.00301. The molecule has 0 bridgehead atoms. The molecule has 0 radical (unpaired) electrons. The second kappa shape index (κ2) is 17.3. The summed E-state index contributed by atoms with van der Waals surface area (Å²) < 4.78 is 29.7. The number of rotatable bonds is 19. The molecule has 3 aromatic rings. The number of hydrogen-bond donors (Lipinski definition) is 1. The second-order valence-corrected chi connectivity index (χ2v) is 17.4. The average Bonchev–Trinajstić information content (AvgIpc) is 3.01. The quantitative estimate of drug-likeness (QED) is 0.107. The molecule has 0 heterocycles. The highest BCUT2D eigenvalue weighted by molar-refractivity contribution is 6.74. The van der Waals surface area contributed by atoms with Crippen LogP contribution in [0.25, 0.3) is 0 Å². The molecule has 44 heavy (non-hydrogen) atoms. The van der Waals surface area contributed by atoms with Gasteiger partial charge < -0.3 is 28.7 Å². The van der Waals surface area contributed by atoms with Crippen LogP contribution in [0.1, 0.15) is 51.2 Å². The Kier molecular flexibility index (Phi) is 13.9. The van der Waals surface area contributed by atoms with Gasteiger partial charge in [0.15, 0.2) is 14.1 Å². The molecule has 0 saturated heterocycles. The first kappa shape index (κ1) is 35.3. The van der Waals surface area contributed by atoms with Gasteiger partial charge in [0.25, 0.3) is 0 Å².